The Bertz CT molecular complexity index is 599. The lowest BCUT2D eigenvalue weighted by atomic mass is 9.95. The second-order valence-electron chi connectivity index (χ2n) is 6.72. The summed E-state index contributed by atoms with van der Waals surface area (Å²) in [4.78, 5) is 30.3. The summed E-state index contributed by atoms with van der Waals surface area (Å²) < 4.78 is 0. The zero-order valence-electron chi connectivity index (χ0n) is 13.9. The van der Waals surface area contributed by atoms with Crippen molar-refractivity contribution < 1.29 is 14.7 Å². The molecule has 3 rings (SSSR count). The Morgan fingerprint density at radius 3 is 2.79 bits per heavy atom. The minimum atomic E-state index is -0.179. The second kappa shape index (κ2) is 7.75. The van der Waals surface area contributed by atoms with Gasteiger partial charge in [0.2, 0.25) is 5.91 Å². The summed E-state index contributed by atoms with van der Waals surface area (Å²) in [5.41, 5.74) is 1.15. The highest BCUT2D eigenvalue weighted by Gasteiger charge is 2.27. The predicted molar refractivity (Wildman–Crippen MR) is 90.7 cm³/mol. The van der Waals surface area contributed by atoms with Crippen molar-refractivity contribution >= 4 is 17.5 Å². The highest BCUT2D eigenvalue weighted by atomic mass is 16.3. The Hall–Kier alpha value is -1.95. The van der Waals surface area contributed by atoms with Crippen molar-refractivity contribution in [3.05, 3.63) is 24.0 Å². The minimum Gasteiger partial charge on any atom is -0.396 e. The first-order valence-electron chi connectivity index (χ1n) is 8.86. The summed E-state index contributed by atoms with van der Waals surface area (Å²) >= 11 is 0. The van der Waals surface area contributed by atoms with Gasteiger partial charge in [0, 0.05) is 31.8 Å². The molecule has 6 nitrogen and oxygen atoms in total. The average molecular weight is 331 g/mol. The number of hydrogen-bond acceptors (Lipinski definition) is 4. The van der Waals surface area contributed by atoms with Crippen LogP contribution in [0.2, 0.25) is 0 Å². The van der Waals surface area contributed by atoms with Gasteiger partial charge < -0.3 is 15.3 Å². The molecular weight excluding hydrogens is 306 g/mol. The van der Waals surface area contributed by atoms with E-state index in [1.807, 2.05) is 0 Å². The highest BCUT2D eigenvalue weighted by molar-refractivity contribution is 5.98. The molecule has 0 aromatic carbocycles. The number of amides is 2. The number of hydrogen-bond donors (Lipinski definition) is 2. The number of nitrogens with zero attached hydrogens (tertiary/aromatic N) is 2. The summed E-state index contributed by atoms with van der Waals surface area (Å²) in [6.45, 7) is 0.753. The fourth-order valence-corrected chi connectivity index (χ4v) is 3.80. The van der Waals surface area contributed by atoms with Crippen LogP contribution in [0.3, 0.4) is 0 Å². The van der Waals surface area contributed by atoms with E-state index in [1.165, 1.54) is 19.0 Å². The maximum absolute atomic E-state index is 12.6. The number of carbonyl (C=O) groups is 2. The normalized spacial score (nSPS) is 19.7. The first-order chi connectivity index (χ1) is 11.7. The standard InChI is InChI=1S/C18H25N3O3/c22-9-7-16(13-4-1-2-5-13)20-18(24)14-10-15(12-19-11-14)21-8-3-6-17(21)23/h10-13,16,22H,1-9H2,(H,20,24)/t16-/m0/s1. The highest BCUT2D eigenvalue weighted by Crippen LogP contribution is 2.29. The van der Waals surface area contributed by atoms with E-state index in [1.54, 1.807) is 17.2 Å². The summed E-state index contributed by atoms with van der Waals surface area (Å²) in [6, 6.07) is 1.73. The van der Waals surface area contributed by atoms with E-state index in [-0.39, 0.29) is 24.5 Å². The number of nitrogens with one attached hydrogen (secondary N) is 1. The van der Waals surface area contributed by atoms with Gasteiger partial charge in [-0.25, -0.2) is 0 Å². The summed E-state index contributed by atoms with van der Waals surface area (Å²) in [5, 5.41) is 12.4. The van der Waals surface area contributed by atoms with Crippen molar-refractivity contribution in [1.29, 1.82) is 0 Å². The zero-order valence-corrected chi connectivity index (χ0v) is 13.9. The number of anilines is 1. The first-order valence-corrected chi connectivity index (χ1v) is 8.86. The molecular formula is C18H25N3O3. The fraction of sp³-hybridized carbons (Fsp3) is 0.611. The van der Waals surface area contributed by atoms with Crippen molar-refractivity contribution in [3.8, 4) is 0 Å². The molecule has 2 amide bonds. The van der Waals surface area contributed by atoms with Gasteiger partial charge in [-0.2, -0.15) is 0 Å². The number of aliphatic hydroxyl groups is 1. The van der Waals surface area contributed by atoms with Crippen LogP contribution >= 0.6 is 0 Å². The molecule has 130 valence electrons. The largest absolute Gasteiger partial charge is 0.396 e. The molecule has 0 unspecified atom stereocenters. The molecule has 2 aliphatic rings. The third-order valence-corrected chi connectivity index (χ3v) is 5.10. The van der Waals surface area contributed by atoms with Gasteiger partial charge in [0.15, 0.2) is 0 Å². The van der Waals surface area contributed by atoms with E-state index in [2.05, 4.69) is 10.3 Å². The maximum Gasteiger partial charge on any atom is 0.253 e. The van der Waals surface area contributed by atoms with Crippen molar-refractivity contribution in [3.63, 3.8) is 0 Å². The van der Waals surface area contributed by atoms with Crippen molar-refractivity contribution in [1.82, 2.24) is 10.3 Å². The molecule has 6 heteroatoms. The molecule has 1 aromatic heterocycles. The molecule has 1 aliphatic heterocycles. The Kier molecular flexibility index (Phi) is 5.45. The molecule has 0 radical (unpaired) electrons. The average Bonchev–Trinajstić information content (AvgIpc) is 3.26. The van der Waals surface area contributed by atoms with Crippen LogP contribution in [0.5, 0.6) is 0 Å². The van der Waals surface area contributed by atoms with E-state index in [0.717, 1.165) is 19.3 Å². The van der Waals surface area contributed by atoms with Gasteiger partial charge in [-0.05, 0) is 37.7 Å². The molecule has 2 fully saturated rings. The lowest BCUT2D eigenvalue weighted by Crippen LogP contribution is -2.40. The Labute approximate surface area is 142 Å². The second-order valence-corrected chi connectivity index (χ2v) is 6.72. The topological polar surface area (TPSA) is 82.5 Å². The maximum atomic E-state index is 12.6. The first kappa shape index (κ1) is 16.9. The van der Waals surface area contributed by atoms with Crippen LogP contribution in [0.25, 0.3) is 0 Å². The van der Waals surface area contributed by atoms with E-state index in [4.69, 9.17) is 0 Å². The van der Waals surface area contributed by atoms with E-state index < -0.39 is 0 Å². The smallest absolute Gasteiger partial charge is 0.253 e. The quantitative estimate of drug-likeness (QED) is 0.834. The number of rotatable bonds is 6. The van der Waals surface area contributed by atoms with Gasteiger partial charge >= 0.3 is 0 Å². The lowest BCUT2D eigenvalue weighted by Gasteiger charge is -2.24. The van der Waals surface area contributed by atoms with Gasteiger partial charge in [-0.15, -0.1) is 0 Å². The van der Waals surface area contributed by atoms with Gasteiger partial charge in [-0.3, -0.25) is 14.6 Å². The number of pyridine rings is 1. The minimum absolute atomic E-state index is 0.00192. The summed E-state index contributed by atoms with van der Waals surface area (Å²) in [5.74, 6) is 0.345. The van der Waals surface area contributed by atoms with E-state index in [0.29, 0.717) is 36.6 Å². The third kappa shape index (κ3) is 3.75. The molecule has 1 saturated heterocycles. The van der Waals surface area contributed by atoms with Crippen LogP contribution in [-0.2, 0) is 4.79 Å². The number of carbonyl (C=O) groups excluding carboxylic acids is 2. The summed E-state index contributed by atoms with van der Waals surface area (Å²) in [6.07, 6.45) is 9.72. The SMILES string of the molecule is O=C(N[C@@H](CCO)C1CCCC1)c1cncc(N2CCCC2=O)c1. The summed E-state index contributed by atoms with van der Waals surface area (Å²) in [7, 11) is 0. The molecule has 0 spiro atoms. The molecule has 1 aromatic rings. The van der Waals surface area contributed by atoms with E-state index in [9.17, 15) is 14.7 Å². The Balaban J connectivity index is 1.70. The number of aromatic nitrogens is 1. The van der Waals surface area contributed by atoms with Gasteiger partial charge in [-0.1, -0.05) is 12.8 Å². The molecule has 1 aliphatic carbocycles. The molecule has 1 saturated carbocycles. The van der Waals surface area contributed by atoms with Gasteiger partial charge in [0.05, 0.1) is 17.4 Å². The van der Waals surface area contributed by atoms with Crippen LogP contribution in [-0.4, -0.2) is 41.1 Å². The van der Waals surface area contributed by atoms with E-state index >= 15 is 0 Å². The Morgan fingerprint density at radius 2 is 2.12 bits per heavy atom. The fourth-order valence-electron chi connectivity index (χ4n) is 3.80. The monoisotopic (exact) mass is 331 g/mol. The van der Waals surface area contributed by atoms with Gasteiger partial charge in [0.1, 0.15) is 0 Å². The zero-order chi connectivity index (χ0) is 16.9. The van der Waals surface area contributed by atoms with Crippen LogP contribution in [0, 0.1) is 5.92 Å². The lowest BCUT2D eigenvalue weighted by molar-refractivity contribution is -0.117. The third-order valence-electron chi connectivity index (χ3n) is 5.10. The van der Waals surface area contributed by atoms with Crippen LogP contribution in [0.15, 0.2) is 18.5 Å². The van der Waals surface area contributed by atoms with Crippen LogP contribution in [0.1, 0.15) is 55.3 Å². The molecule has 0 bridgehead atoms. The molecule has 24 heavy (non-hydrogen) atoms. The van der Waals surface area contributed by atoms with Crippen molar-refractivity contribution in [2.75, 3.05) is 18.1 Å². The predicted octanol–water partition coefficient (Wildman–Crippen LogP) is 1.88. The van der Waals surface area contributed by atoms with Crippen molar-refractivity contribution in [2.45, 2.75) is 51.0 Å². The van der Waals surface area contributed by atoms with Gasteiger partial charge in [0.25, 0.3) is 5.91 Å². The molecule has 2 heterocycles. The number of aliphatic hydroxyl groups excluding tert-OH is 1. The Morgan fingerprint density at radius 1 is 1.33 bits per heavy atom. The van der Waals surface area contributed by atoms with Crippen LogP contribution < -0.4 is 10.2 Å². The van der Waals surface area contributed by atoms with Crippen molar-refractivity contribution in [2.24, 2.45) is 5.92 Å². The van der Waals surface area contributed by atoms with Crippen LogP contribution in [0.4, 0.5) is 5.69 Å². The molecule has 1 atom stereocenters. The molecule has 2 N–H and O–H groups in total.